The van der Waals surface area contributed by atoms with E-state index in [2.05, 4.69) is 12.1 Å². The van der Waals surface area contributed by atoms with Gasteiger partial charge >= 0.3 is 0 Å². The van der Waals surface area contributed by atoms with E-state index in [1.165, 1.54) is 24.4 Å². The summed E-state index contributed by atoms with van der Waals surface area (Å²) in [6.45, 7) is 0.940. The molecule has 2 aromatic rings. The van der Waals surface area contributed by atoms with Gasteiger partial charge in [-0.05, 0) is 42.3 Å². The fourth-order valence-corrected chi connectivity index (χ4v) is 4.65. The molecule has 20 heavy (non-hydrogen) atoms. The first-order valence-electron chi connectivity index (χ1n) is 7.20. The minimum absolute atomic E-state index is 0.694. The van der Waals surface area contributed by atoms with Crippen molar-refractivity contribution in [3.8, 4) is 11.5 Å². The molecule has 1 aliphatic heterocycles. The Morgan fingerprint density at radius 3 is 2.55 bits per heavy atom. The number of rotatable bonds is 4. The summed E-state index contributed by atoms with van der Waals surface area (Å²) in [6, 6.07) is 20.6. The number of benzene rings is 2. The molecule has 0 aromatic heterocycles. The van der Waals surface area contributed by atoms with E-state index in [0.29, 0.717) is 0 Å². The molecule has 0 unspecified atom stereocenters. The molecular weight excluding hydrogens is 264 g/mol. The molecule has 0 spiro atoms. The van der Waals surface area contributed by atoms with E-state index in [4.69, 9.17) is 9.16 Å². The predicted molar refractivity (Wildman–Crippen MR) is 82.4 cm³/mol. The van der Waals surface area contributed by atoms with Crippen molar-refractivity contribution in [2.75, 3.05) is 6.61 Å². The highest BCUT2D eigenvalue weighted by Crippen LogP contribution is 2.27. The van der Waals surface area contributed by atoms with Crippen LogP contribution < -0.4 is 4.74 Å². The van der Waals surface area contributed by atoms with Gasteiger partial charge in [-0.3, -0.25) is 0 Å². The predicted octanol–water partition coefficient (Wildman–Crippen LogP) is 4.36. The average molecular weight is 283 g/mol. The van der Waals surface area contributed by atoms with Gasteiger partial charge in [-0.2, -0.15) is 0 Å². The van der Waals surface area contributed by atoms with Gasteiger partial charge in [0.05, 0.1) is 0 Å². The molecular formula is C17H19O2Si. The van der Waals surface area contributed by atoms with Crippen molar-refractivity contribution < 1.29 is 9.16 Å². The zero-order valence-electron chi connectivity index (χ0n) is 11.5. The Morgan fingerprint density at radius 1 is 0.950 bits per heavy atom. The molecule has 1 saturated heterocycles. The Kier molecular flexibility index (Phi) is 4.51. The lowest BCUT2D eigenvalue weighted by Crippen LogP contribution is -2.26. The van der Waals surface area contributed by atoms with Crippen LogP contribution in [-0.2, 0) is 10.5 Å². The third-order valence-corrected chi connectivity index (χ3v) is 5.79. The largest absolute Gasteiger partial charge is 0.457 e. The van der Waals surface area contributed by atoms with Crippen LogP contribution in [0.5, 0.6) is 11.5 Å². The molecule has 1 heterocycles. The maximum absolute atomic E-state index is 6.01. The van der Waals surface area contributed by atoms with Crippen LogP contribution in [-0.4, -0.2) is 15.6 Å². The monoisotopic (exact) mass is 283 g/mol. The zero-order chi connectivity index (χ0) is 13.6. The summed E-state index contributed by atoms with van der Waals surface area (Å²) in [5.41, 5.74) is 1.27. The van der Waals surface area contributed by atoms with E-state index < -0.39 is 9.04 Å². The molecule has 0 bridgehead atoms. The van der Waals surface area contributed by atoms with E-state index in [9.17, 15) is 0 Å². The Labute approximate surface area is 122 Å². The normalized spacial score (nSPS) is 16.0. The first-order chi connectivity index (χ1) is 9.92. The van der Waals surface area contributed by atoms with Gasteiger partial charge < -0.3 is 9.16 Å². The molecule has 2 aromatic carbocycles. The summed E-state index contributed by atoms with van der Waals surface area (Å²) in [7, 11) is -0.694. The number of ether oxygens (including phenoxy) is 1. The maximum atomic E-state index is 6.01. The van der Waals surface area contributed by atoms with Crippen LogP contribution in [0.4, 0.5) is 0 Å². The summed E-state index contributed by atoms with van der Waals surface area (Å²) in [4.78, 5) is 0. The fraction of sp³-hybridized carbons (Fsp3) is 0.294. The lowest BCUT2D eigenvalue weighted by atomic mass is 10.2. The summed E-state index contributed by atoms with van der Waals surface area (Å²) < 4.78 is 11.9. The topological polar surface area (TPSA) is 18.5 Å². The second-order valence-electron chi connectivity index (χ2n) is 5.04. The van der Waals surface area contributed by atoms with Crippen LogP contribution in [0.1, 0.15) is 18.4 Å². The summed E-state index contributed by atoms with van der Waals surface area (Å²) in [5.74, 6) is 1.85. The smallest absolute Gasteiger partial charge is 0.216 e. The van der Waals surface area contributed by atoms with Crippen molar-refractivity contribution in [2.24, 2.45) is 0 Å². The standard InChI is InChI=1S/C17H19O2Si/c1-2-9-16(10-3-1)19-17-11-5-4-8-15(17)14-20-13-7-6-12-18-20/h1-5,8-11H,6-7,12-14H2. The third-order valence-electron chi connectivity index (χ3n) is 3.49. The Bertz CT molecular complexity index is 536. The fourth-order valence-electron chi connectivity index (χ4n) is 2.43. The Morgan fingerprint density at radius 2 is 1.75 bits per heavy atom. The second kappa shape index (κ2) is 6.73. The van der Waals surface area contributed by atoms with Crippen molar-refractivity contribution in [1.29, 1.82) is 0 Å². The minimum Gasteiger partial charge on any atom is -0.457 e. The average Bonchev–Trinajstić information content (AvgIpc) is 2.51. The molecule has 1 radical (unpaired) electrons. The lowest BCUT2D eigenvalue weighted by Gasteiger charge is -2.21. The quantitative estimate of drug-likeness (QED) is 0.776. The summed E-state index contributed by atoms with van der Waals surface area (Å²) in [6.07, 6.45) is 2.53. The van der Waals surface area contributed by atoms with Crippen LogP contribution in [0.15, 0.2) is 54.6 Å². The minimum atomic E-state index is -0.694. The van der Waals surface area contributed by atoms with Gasteiger partial charge in [0.2, 0.25) is 9.04 Å². The highest BCUT2D eigenvalue weighted by Gasteiger charge is 2.19. The second-order valence-corrected chi connectivity index (χ2v) is 7.26. The van der Waals surface area contributed by atoms with Crippen molar-refractivity contribution in [3.05, 3.63) is 60.2 Å². The van der Waals surface area contributed by atoms with Crippen LogP contribution >= 0.6 is 0 Å². The van der Waals surface area contributed by atoms with Crippen molar-refractivity contribution in [3.63, 3.8) is 0 Å². The molecule has 1 fully saturated rings. The summed E-state index contributed by atoms with van der Waals surface area (Å²) >= 11 is 0. The SMILES string of the molecule is c1ccc(Oc2ccccc2C[Si]2CCCCO2)cc1. The van der Waals surface area contributed by atoms with Gasteiger partial charge in [0, 0.05) is 6.61 Å². The van der Waals surface area contributed by atoms with Crippen molar-refractivity contribution in [2.45, 2.75) is 24.9 Å². The molecule has 3 heteroatoms. The van der Waals surface area contributed by atoms with Crippen molar-refractivity contribution in [1.82, 2.24) is 0 Å². The number of para-hydroxylation sites is 2. The highest BCUT2D eigenvalue weighted by atomic mass is 28.3. The van der Waals surface area contributed by atoms with Gasteiger partial charge in [0.15, 0.2) is 0 Å². The lowest BCUT2D eigenvalue weighted by molar-refractivity contribution is 0.286. The molecule has 0 atom stereocenters. The zero-order valence-corrected chi connectivity index (χ0v) is 12.5. The number of hydrogen-bond acceptors (Lipinski definition) is 2. The van der Waals surface area contributed by atoms with Gasteiger partial charge in [-0.15, -0.1) is 0 Å². The summed E-state index contributed by atoms with van der Waals surface area (Å²) in [5, 5.41) is 0. The van der Waals surface area contributed by atoms with Crippen LogP contribution in [0.3, 0.4) is 0 Å². The maximum Gasteiger partial charge on any atom is 0.216 e. The Balaban J connectivity index is 1.74. The van der Waals surface area contributed by atoms with E-state index in [0.717, 1.165) is 24.2 Å². The molecule has 0 aliphatic carbocycles. The molecule has 2 nitrogen and oxygen atoms in total. The third kappa shape index (κ3) is 3.49. The van der Waals surface area contributed by atoms with E-state index >= 15 is 0 Å². The van der Waals surface area contributed by atoms with Crippen LogP contribution in [0, 0.1) is 0 Å². The van der Waals surface area contributed by atoms with E-state index in [-0.39, 0.29) is 0 Å². The van der Waals surface area contributed by atoms with Gasteiger partial charge in [-0.25, -0.2) is 0 Å². The molecule has 0 saturated carbocycles. The van der Waals surface area contributed by atoms with Gasteiger partial charge in [0.1, 0.15) is 11.5 Å². The number of hydrogen-bond donors (Lipinski definition) is 0. The first kappa shape index (κ1) is 13.4. The van der Waals surface area contributed by atoms with E-state index in [1.807, 2.05) is 42.5 Å². The molecule has 3 rings (SSSR count). The highest BCUT2D eigenvalue weighted by molar-refractivity contribution is 6.51. The first-order valence-corrected chi connectivity index (χ1v) is 9.02. The van der Waals surface area contributed by atoms with Crippen LogP contribution in [0.2, 0.25) is 6.04 Å². The molecule has 103 valence electrons. The Hall–Kier alpha value is -1.58. The molecule has 0 amide bonds. The van der Waals surface area contributed by atoms with Crippen molar-refractivity contribution >= 4 is 9.04 Å². The van der Waals surface area contributed by atoms with Crippen LogP contribution in [0.25, 0.3) is 0 Å². The molecule has 0 N–H and O–H groups in total. The molecule has 1 aliphatic rings. The van der Waals surface area contributed by atoms with E-state index in [1.54, 1.807) is 0 Å². The van der Waals surface area contributed by atoms with Gasteiger partial charge in [0.25, 0.3) is 0 Å². The van der Waals surface area contributed by atoms with Gasteiger partial charge in [-0.1, -0.05) is 42.8 Å².